The van der Waals surface area contributed by atoms with E-state index in [4.69, 9.17) is 0 Å². The Labute approximate surface area is 115 Å². The second-order valence-corrected chi connectivity index (χ2v) is 6.04. The molecular weight excluding hydrogens is 291 g/mol. The van der Waals surface area contributed by atoms with Gasteiger partial charge in [0.1, 0.15) is 5.82 Å². The van der Waals surface area contributed by atoms with E-state index in [0.29, 0.717) is 10.7 Å². The summed E-state index contributed by atoms with van der Waals surface area (Å²) in [5, 5.41) is 0. The van der Waals surface area contributed by atoms with Gasteiger partial charge in [0.2, 0.25) is 0 Å². The Hall–Kier alpha value is -1.15. The highest BCUT2D eigenvalue weighted by Gasteiger charge is 2.31. The van der Waals surface area contributed by atoms with Crippen LogP contribution >= 0.6 is 15.9 Å². The van der Waals surface area contributed by atoms with Crippen molar-refractivity contribution in [3.8, 4) is 0 Å². The van der Waals surface area contributed by atoms with Gasteiger partial charge in [0.25, 0.3) is 0 Å². The standard InChI is InChI=1S/C16H14BrF/c17-16(9-11-4-3-6-13(18)8-11)15-10-12-5-1-2-7-14(12)15/h1-8,15-16H,9-10H2. The van der Waals surface area contributed by atoms with E-state index < -0.39 is 0 Å². The van der Waals surface area contributed by atoms with Crippen molar-refractivity contribution >= 4 is 15.9 Å². The van der Waals surface area contributed by atoms with E-state index in [1.165, 1.54) is 17.2 Å². The van der Waals surface area contributed by atoms with Gasteiger partial charge in [-0.3, -0.25) is 0 Å². The molecule has 0 bridgehead atoms. The van der Waals surface area contributed by atoms with E-state index in [1.54, 1.807) is 12.1 Å². The van der Waals surface area contributed by atoms with Crippen molar-refractivity contribution in [2.24, 2.45) is 0 Å². The molecule has 1 aliphatic carbocycles. The molecule has 2 heteroatoms. The second kappa shape index (κ2) is 4.85. The summed E-state index contributed by atoms with van der Waals surface area (Å²) >= 11 is 3.76. The molecule has 0 spiro atoms. The monoisotopic (exact) mass is 304 g/mol. The third-order valence-electron chi connectivity index (χ3n) is 3.65. The van der Waals surface area contributed by atoms with Crippen molar-refractivity contribution in [3.63, 3.8) is 0 Å². The van der Waals surface area contributed by atoms with Gasteiger partial charge in [0.15, 0.2) is 0 Å². The third-order valence-corrected chi connectivity index (χ3v) is 4.61. The summed E-state index contributed by atoms with van der Waals surface area (Å²) in [7, 11) is 0. The fourth-order valence-electron chi connectivity index (χ4n) is 2.65. The van der Waals surface area contributed by atoms with Crippen molar-refractivity contribution in [3.05, 3.63) is 71.0 Å². The smallest absolute Gasteiger partial charge is 0.123 e. The first kappa shape index (κ1) is 11.9. The molecule has 2 aromatic carbocycles. The molecule has 2 unspecified atom stereocenters. The second-order valence-electron chi connectivity index (χ2n) is 4.86. The molecule has 1 aliphatic rings. The van der Waals surface area contributed by atoms with Gasteiger partial charge < -0.3 is 0 Å². The lowest BCUT2D eigenvalue weighted by Crippen LogP contribution is -2.26. The van der Waals surface area contributed by atoms with Crippen LogP contribution in [0.25, 0.3) is 0 Å². The number of alkyl halides is 1. The lowest BCUT2D eigenvalue weighted by molar-refractivity contribution is 0.577. The van der Waals surface area contributed by atoms with Crippen LogP contribution in [0.3, 0.4) is 0 Å². The number of benzene rings is 2. The van der Waals surface area contributed by atoms with Crippen LogP contribution in [0.2, 0.25) is 0 Å². The molecule has 92 valence electrons. The molecule has 0 saturated heterocycles. The average molecular weight is 305 g/mol. The van der Waals surface area contributed by atoms with Crippen molar-refractivity contribution < 1.29 is 4.39 Å². The Kier molecular flexibility index (Phi) is 3.21. The molecular formula is C16H14BrF. The van der Waals surface area contributed by atoms with Crippen LogP contribution in [-0.4, -0.2) is 4.83 Å². The van der Waals surface area contributed by atoms with Crippen LogP contribution in [0.5, 0.6) is 0 Å². The zero-order valence-corrected chi connectivity index (χ0v) is 11.5. The molecule has 0 saturated carbocycles. The Bertz CT molecular complexity index is 565. The molecule has 2 atom stereocenters. The van der Waals surface area contributed by atoms with Gasteiger partial charge in [-0.2, -0.15) is 0 Å². The Balaban J connectivity index is 1.72. The molecule has 0 nitrogen and oxygen atoms in total. The number of hydrogen-bond acceptors (Lipinski definition) is 0. The zero-order valence-electron chi connectivity index (χ0n) is 9.94. The zero-order chi connectivity index (χ0) is 12.5. The van der Waals surface area contributed by atoms with E-state index >= 15 is 0 Å². The maximum absolute atomic E-state index is 13.1. The highest BCUT2D eigenvalue weighted by Crippen LogP contribution is 2.41. The number of halogens is 2. The summed E-state index contributed by atoms with van der Waals surface area (Å²) in [5.74, 6) is 0.408. The minimum absolute atomic E-state index is 0.152. The van der Waals surface area contributed by atoms with E-state index in [9.17, 15) is 4.39 Å². The van der Waals surface area contributed by atoms with Gasteiger partial charge >= 0.3 is 0 Å². The van der Waals surface area contributed by atoms with Gasteiger partial charge in [-0.15, -0.1) is 0 Å². The molecule has 0 fully saturated rings. The van der Waals surface area contributed by atoms with Crippen molar-refractivity contribution in [1.29, 1.82) is 0 Å². The molecule has 2 aromatic rings. The SMILES string of the molecule is Fc1cccc(CC(Br)C2Cc3ccccc32)c1. The largest absolute Gasteiger partial charge is 0.207 e. The maximum Gasteiger partial charge on any atom is 0.123 e. The van der Waals surface area contributed by atoms with Gasteiger partial charge in [-0.1, -0.05) is 52.3 Å². The maximum atomic E-state index is 13.1. The van der Waals surface area contributed by atoms with Crippen LogP contribution < -0.4 is 0 Å². The van der Waals surface area contributed by atoms with Crippen LogP contribution in [0, 0.1) is 5.82 Å². The number of hydrogen-bond donors (Lipinski definition) is 0. The minimum atomic E-state index is -0.152. The fourth-order valence-corrected chi connectivity index (χ4v) is 3.50. The van der Waals surface area contributed by atoms with Crippen molar-refractivity contribution in [2.75, 3.05) is 0 Å². The predicted molar refractivity (Wildman–Crippen MR) is 75.7 cm³/mol. The van der Waals surface area contributed by atoms with E-state index in [1.807, 2.05) is 6.07 Å². The minimum Gasteiger partial charge on any atom is -0.207 e. The van der Waals surface area contributed by atoms with Gasteiger partial charge in [-0.05, 0) is 41.7 Å². The molecule has 0 amide bonds. The molecule has 0 N–H and O–H groups in total. The molecule has 3 rings (SSSR count). The third kappa shape index (κ3) is 2.22. The Morgan fingerprint density at radius 3 is 2.78 bits per heavy atom. The summed E-state index contributed by atoms with van der Waals surface area (Å²) in [6.45, 7) is 0. The van der Waals surface area contributed by atoms with E-state index in [-0.39, 0.29) is 5.82 Å². The van der Waals surface area contributed by atoms with Crippen LogP contribution in [-0.2, 0) is 12.8 Å². The first-order valence-corrected chi connectivity index (χ1v) is 7.12. The predicted octanol–water partition coefficient (Wildman–Crippen LogP) is 4.47. The molecule has 0 aliphatic heterocycles. The lowest BCUT2D eigenvalue weighted by atomic mass is 9.75. The van der Waals surface area contributed by atoms with Crippen molar-refractivity contribution in [2.45, 2.75) is 23.6 Å². The number of fused-ring (bicyclic) bond motifs is 1. The molecule has 0 aromatic heterocycles. The number of rotatable bonds is 3. The fraction of sp³-hybridized carbons (Fsp3) is 0.250. The van der Waals surface area contributed by atoms with Crippen LogP contribution in [0.15, 0.2) is 48.5 Å². The van der Waals surface area contributed by atoms with Crippen LogP contribution in [0.4, 0.5) is 4.39 Å². The van der Waals surface area contributed by atoms with E-state index in [0.717, 1.165) is 18.4 Å². The summed E-state index contributed by atoms with van der Waals surface area (Å²) in [4.78, 5) is 0.384. The summed E-state index contributed by atoms with van der Waals surface area (Å²) < 4.78 is 13.1. The van der Waals surface area contributed by atoms with E-state index in [2.05, 4.69) is 40.2 Å². The highest BCUT2D eigenvalue weighted by atomic mass is 79.9. The van der Waals surface area contributed by atoms with Crippen LogP contribution in [0.1, 0.15) is 22.6 Å². The average Bonchev–Trinajstić information content (AvgIpc) is 2.30. The van der Waals surface area contributed by atoms with Crippen molar-refractivity contribution in [1.82, 2.24) is 0 Å². The Morgan fingerprint density at radius 2 is 2.00 bits per heavy atom. The first-order valence-electron chi connectivity index (χ1n) is 6.20. The Morgan fingerprint density at radius 1 is 1.17 bits per heavy atom. The lowest BCUT2D eigenvalue weighted by Gasteiger charge is -2.34. The van der Waals surface area contributed by atoms with Gasteiger partial charge in [-0.25, -0.2) is 4.39 Å². The highest BCUT2D eigenvalue weighted by molar-refractivity contribution is 9.09. The van der Waals surface area contributed by atoms with Gasteiger partial charge in [0, 0.05) is 10.7 Å². The van der Waals surface area contributed by atoms with Gasteiger partial charge in [0.05, 0.1) is 0 Å². The first-order chi connectivity index (χ1) is 8.74. The molecule has 18 heavy (non-hydrogen) atoms. The summed E-state index contributed by atoms with van der Waals surface area (Å²) in [5.41, 5.74) is 3.95. The summed E-state index contributed by atoms with van der Waals surface area (Å²) in [6, 6.07) is 15.4. The summed E-state index contributed by atoms with van der Waals surface area (Å²) in [6.07, 6.45) is 2.00. The molecule has 0 radical (unpaired) electrons. The quantitative estimate of drug-likeness (QED) is 0.734. The molecule has 0 heterocycles. The topological polar surface area (TPSA) is 0 Å². The normalized spacial score (nSPS) is 18.9.